The molecule has 2 aromatic carbocycles. The van der Waals surface area contributed by atoms with E-state index in [0.717, 1.165) is 35.2 Å². The number of nitrogens with one attached hydrogen (secondary N) is 1. The molecule has 2 saturated heterocycles. The summed E-state index contributed by atoms with van der Waals surface area (Å²) in [7, 11) is 0. The Hall–Kier alpha value is -2.66. The maximum Gasteiger partial charge on any atom is 0.234 e. The van der Waals surface area contributed by atoms with Crippen LogP contribution in [0.25, 0.3) is 11.1 Å². The molecule has 0 aliphatic carbocycles. The average Bonchev–Trinajstić information content (AvgIpc) is 3.08. The molecule has 1 unspecified atom stereocenters. The van der Waals surface area contributed by atoms with Crippen molar-refractivity contribution in [3.8, 4) is 11.1 Å². The van der Waals surface area contributed by atoms with Gasteiger partial charge in [-0.1, -0.05) is 54.1 Å². The van der Waals surface area contributed by atoms with Gasteiger partial charge in [0.2, 0.25) is 17.7 Å². The first-order chi connectivity index (χ1) is 13.5. The molecule has 4 rings (SSSR count). The van der Waals surface area contributed by atoms with Gasteiger partial charge in [0, 0.05) is 31.5 Å². The number of benzene rings is 2. The van der Waals surface area contributed by atoms with Gasteiger partial charge in [-0.05, 0) is 29.5 Å². The highest BCUT2D eigenvalue weighted by atomic mass is 35.5. The Morgan fingerprint density at radius 3 is 2.50 bits per heavy atom. The zero-order valence-corrected chi connectivity index (χ0v) is 16.2. The molecule has 2 fully saturated rings. The summed E-state index contributed by atoms with van der Waals surface area (Å²) in [6, 6.07) is 13.7. The minimum Gasteiger partial charge on any atom is -0.338 e. The van der Waals surface area contributed by atoms with E-state index in [1.807, 2.05) is 47.4 Å². The summed E-state index contributed by atoms with van der Waals surface area (Å²) in [6.07, 6.45) is 2.36. The lowest BCUT2D eigenvalue weighted by Gasteiger charge is -2.23. The lowest BCUT2D eigenvalue weighted by atomic mass is 9.88. The molecule has 6 heteroatoms. The summed E-state index contributed by atoms with van der Waals surface area (Å²) < 4.78 is 0. The van der Waals surface area contributed by atoms with Crippen molar-refractivity contribution in [3.63, 3.8) is 0 Å². The summed E-state index contributed by atoms with van der Waals surface area (Å²) >= 11 is 6.66. The summed E-state index contributed by atoms with van der Waals surface area (Å²) in [5.74, 6) is -0.726. The molecule has 0 bridgehead atoms. The van der Waals surface area contributed by atoms with Crippen LogP contribution in [0.4, 0.5) is 0 Å². The topological polar surface area (TPSA) is 66.5 Å². The van der Waals surface area contributed by atoms with Crippen LogP contribution in [0.5, 0.6) is 0 Å². The Labute approximate surface area is 168 Å². The Morgan fingerprint density at radius 1 is 1.04 bits per heavy atom. The zero-order valence-electron chi connectivity index (χ0n) is 15.4. The summed E-state index contributed by atoms with van der Waals surface area (Å²) in [4.78, 5) is 37.3. The second kappa shape index (κ2) is 7.76. The van der Waals surface area contributed by atoms with Gasteiger partial charge in [-0.15, -0.1) is 0 Å². The van der Waals surface area contributed by atoms with E-state index < -0.39 is 5.92 Å². The first kappa shape index (κ1) is 18.7. The standard InChI is InChI=1S/C22H21ClN2O3/c23-21-16(3-1-4-17(21)18-10-11-19(26)24-22(18)28)15-8-6-14(7-9-15)13-25-12-2-5-20(25)27/h1,3-4,6-9,18H,2,5,10-13H2,(H,24,26,28). The summed E-state index contributed by atoms with van der Waals surface area (Å²) in [5, 5.41) is 2.93. The highest BCUT2D eigenvalue weighted by molar-refractivity contribution is 6.34. The predicted molar refractivity (Wildman–Crippen MR) is 107 cm³/mol. The van der Waals surface area contributed by atoms with Crippen molar-refractivity contribution in [3.05, 3.63) is 58.6 Å². The molecule has 3 amide bonds. The Kier molecular flexibility index (Phi) is 5.18. The van der Waals surface area contributed by atoms with E-state index in [0.29, 0.717) is 30.8 Å². The van der Waals surface area contributed by atoms with Crippen LogP contribution in [0, 0.1) is 0 Å². The van der Waals surface area contributed by atoms with E-state index in [4.69, 9.17) is 11.6 Å². The molecule has 2 aromatic rings. The molecule has 2 aliphatic heterocycles. The van der Waals surface area contributed by atoms with Crippen molar-refractivity contribution in [1.82, 2.24) is 10.2 Å². The minimum absolute atomic E-state index is 0.212. The number of carbonyl (C=O) groups is 3. The number of hydrogen-bond acceptors (Lipinski definition) is 3. The van der Waals surface area contributed by atoms with Gasteiger partial charge in [0.25, 0.3) is 0 Å². The lowest BCUT2D eigenvalue weighted by Crippen LogP contribution is -2.39. The first-order valence-corrected chi connectivity index (χ1v) is 9.90. The van der Waals surface area contributed by atoms with Gasteiger partial charge < -0.3 is 4.90 Å². The van der Waals surface area contributed by atoms with Gasteiger partial charge in [0.1, 0.15) is 0 Å². The van der Waals surface area contributed by atoms with Crippen molar-refractivity contribution in [1.29, 1.82) is 0 Å². The second-order valence-corrected chi connectivity index (χ2v) is 7.71. The molecule has 5 nitrogen and oxygen atoms in total. The van der Waals surface area contributed by atoms with Gasteiger partial charge in [-0.2, -0.15) is 0 Å². The molecule has 1 atom stereocenters. The molecular weight excluding hydrogens is 376 g/mol. The molecule has 0 spiro atoms. The van der Waals surface area contributed by atoms with Crippen LogP contribution in [0.1, 0.15) is 42.7 Å². The number of amides is 3. The van der Waals surface area contributed by atoms with E-state index >= 15 is 0 Å². The quantitative estimate of drug-likeness (QED) is 0.802. The van der Waals surface area contributed by atoms with Crippen LogP contribution in [0.15, 0.2) is 42.5 Å². The maximum atomic E-state index is 12.2. The average molecular weight is 397 g/mol. The second-order valence-electron chi connectivity index (χ2n) is 7.33. The molecule has 2 aliphatic rings. The molecule has 0 radical (unpaired) electrons. The van der Waals surface area contributed by atoms with E-state index in [9.17, 15) is 14.4 Å². The summed E-state index contributed by atoms with van der Waals surface area (Å²) in [5.41, 5.74) is 3.63. The van der Waals surface area contributed by atoms with E-state index in [2.05, 4.69) is 5.32 Å². The van der Waals surface area contributed by atoms with E-state index in [1.54, 1.807) is 0 Å². The minimum atomic E-state index is -0.411. The predicted octanol–water partition coefficient (Wildman–Crippen LogP) is 3.65. The van der Waals surface area contributed by atoms with Crippen LogP contribution < -0.4 is 5.32 Å². The molecule has 2 heterocycles. The third kappa shape index (κ3) is 3.67. The third-order valence-electron chi connectivity index (χ3n) is 5.45. The number of nitrogens with zero attached hydrogens (tertiary/aromatic N) is 1. The Morgan fingerprint density at radius 2 is 1.82 bits per heavy atom. The highest BCUT2D eigenvalue weighted by Crippen LogP contribution is 2.37. The molecule has 28 heavy (non-hydrogen) atoms. The monoisotopic (exact) mass is 396 g/mol. The summed E-state index contributed by atoms with van der Waals surface area (Å²) in [6.45, 7) is 1.45. The van der Waals surface area contributed by atoms with Crippen molar-refractivity contribution >= 4 is 29.3 Å². The van der Waals surface area contributed by atoms with Gasteiger partial charge in [0.15, 0.2) is 0 Å². The van der Waals surface area contributed by atoms with E-state index in [1.165, 1.54) is 0 Å². The number of carbonyl (C=O) groups excluding carboxylic acids is 3. The molecule has 1 N–H and O–H groups in total. The third-order valence-corrected chi connectivity index (χ3v) is 5.87. The molecular formula is C22H21ClN2O3. The molecule has 0 aromatic heterocycles. The number of piperidine rings is 1. The van der Waals surface area contributed by atoms with Crippen LogP contribution in [0.3, 0.4) is 0 Å². The number of hydrogen-bond donors (Lipinski definition) is 1. The van der Waals surface area contributed by atoms with Crippen LogP contribution in [-0.4, -0.2) is 29.2 Å². The largest absolute Gasteiger partial charge is 0.338 e. The van der Waals surface area contributed by atoms with Crippen LogP contribution in [0.2, 0.25) is 5.02 Å². The van der Waals surface area contributed by atoms with E-state index in [-0.39, 0.29) is 17.7 Å². The van der Waals surface area contributed by atoms with Crippen LogP contribution >= 0.6 is 11.6 Å². The fourth-order valence-electron chi connectivity index (χ4n) is 3.91. The first-order valence-electron chi connectivity index (χ1n) is 9.52. The highest BCUT2D eigenvalue weighted by Gasteiger charge is 2.30. The maximum absolute atomic E-state index is 12.2. The zero-order chi connectivity index (χ0) is 19.7. The Bertz CT molecular complexity index is 939. The van der Waals surface area contributed by atoms with Crippen molar-refractivity contribution in [2.75, 3.05) is 6.54 Å². The fraction of sp³-hybridized carbons (Fsp3) is 0.318. The van der Waals surface area contributed by atoms with Gasteiger partial charge >= 0.3 is 0 Å². The van der Waals surface area contributed by atoms with Crippen molar-refractivity contribution < 1.29 is 14.4 Å². The smallest absolute Gasteiger partial charge is 0.234 e. The van der Waals surface area contributed by atoms with Crippen LogP contribution in [-0.2, 0) is 20.9 Å². The Balaban J connectivity index is 1.57. The van der Waals surface area contributed by atoms with Crippen molar-refractivity contribution in [2.45, 2.75) is 38.1 Å². The van der Waals surface area contributed by atoms with Gasteiger partial charge in [-0.3, -0.25) is 19.7 Å². The normalized spacial score (nSPS) is 19.8. The number of imide groups is 1. The number of likely N-dealkylation sites (tertiary alicyclic amines) is 1. The van der Waals surface area contributed by atoms with Gasteiger partial charge in [-0.25, -0.2) is 0 Å². The van der Waals surface area contributed by atoms with Crippen molar-refractivity contribution in [2.24, 2.45) is 0 Å². The number of rotatable bonds is 4. The lowest BCUT2D eigenvalue weighted by molar-refractivity contribution is -0.134. The van der Waals surface area contributed by atoms with Gasteiger partial charge in [0.05, 0.1) is 10.9 Å². The fourth-order valence-corrected chi connectivity index (χ4v) is 4.28. The molecule has 144 valence electrons. The SMILES string of the molecule is O=C1CCC(c2cccc(-c3ccc(CN4CCCC4=O)cc3)c2Cl)C(=O)N1. The molecule has 0 saturated carbocycles. The number of halogens is 1.